The third-order valence-electron chi connectivity index (χ3n) is 5.80. The first-order valence-electron chi connectivity index (χ1n) is 10.6. The summed E-state index contributed by atoms with van der Waals surface area (Å²) in [4.78, 5) is 26.6. The fraction of sp³-hybridized carbons (Fsp3) is 0.308. The molecule has 0 saturated carbocycles. The molecule has 0 radical (unpaired) electrons. The van der Waals surface area contributed by atoms with Gasteiger partial charge in [-0.3, -0.25) is 4.79 Å². The van der Waals surface area contributed by atoms with Crippen molar-refractivity contribution in [2.24, 2.45) is 5.41 Å². The Morgan fingerprint density at radius 1 is 1.13 bits per heavy atom. The van der Waals surface area contributed by atoms with Crippen molar-refractivity contribution in [2.75, 3.05) is 6.61 Å². The van der Waals surface area contributed by atoms with Gasteiger partial charge < -0.3 is 15.2 Å². The number of Topliss-reactive ketones (excluding diaryl/α,β-unsaturated/α-hetero) is 1. The van der Waals surface area contributed by atoms with Crippen LogP contribution in [0.5, 0.6) is 5.75 Å². The number of benzene rings is 2. The molecule has 2 aromatic rings. The number of dihydropyridines is 1. The fourth-order valence-corrected chi connectivity index (χ4v) is 4.59. The third-order valence-corrected chi connectivity index (χ3v) is 5.80. The van der Waals surface area contributed by atoms with Gasteiger partial charge in [-0.2, -0.15) is 0 Å². The first kappa shape index (κ1) is 20.9. The molecule has 0 spiro atoms. The molecule has 0 unspecified atom stereocenters. The number of carbonyl (C=O) groups excluding carboxylic acids is 2. The summed E-state index contributed by atoms with van der Waals surface area (Å²) in [6, 6.07) is 16.4. The van der Waals surface area contributed by atoms with Gasteiger partial charge >= 0.3 is 5.97 Å². The molecular formula is C26H27NO4. The van der Waals surface area contributed by atoms with Crippen LogP contribution in [0.4, 0.5) is 0 Å². The van der Waals surface area contributed by atoms with Crippen LogP contribution in [0.25, 0.3) is 5.70 Å². The summed E-state index contributed by atoms with van der Waals surface area (Å²) in [5.41, 5.74) is 3.82. The lowest BCUT2D eigenvalue weighted by Gasteiger charge is -2.40. The van der Waals surface area contributed by atoms with Gasteiger partial charge in [0, 0.05) is 23.6 Å². The van der Waals surface area contributed by atoms with Crippen LogP contribution in [-0.4, -0.2) is 23.5 Å². The van der Waals surface area contributed by atoms with Crippen LogP contribution in [0.15, 0.2) is 71.4 Å². The fourth-order valence-electron chi connectivity index (χ4n) is 4.59. The van der Waals surface area contributed by atoms with Crippen molar-refractivity contribution >= 4 is 17.4 Å². The summed E-state index contributed by atoms with van der Waals surface area (Å²) >= 11 is 0. The van der Waals surface area contributed by atoms with Crippen LogP contribution in [0.3, 0.4) is 0 Å². The Kier molecular flexibility index (Phi) is 5.44. The molecule has 0 saturated heterocycles. The highest BCUT2D eigenvalue weighted by molar-refractivity contribution is 6.08. The molecule has 0 aromatic heterocycles. The molecule has 1 aliphatic heterocycles. The number of esters is 1. The van der Waals surface area contributed by atoms with Crippen LogP contribution < -0.4 is 5.32 Å². The summed E-state index contributed by atoms with van der Waals surface area (Å²) in [5, 5.41) is 13.6. The van der Waals surface area contributed by atoms with Gasteiger partial charge in [0.15, 0.2) is 5.78 Å². The Morgan fingerprint density at radius 2 is 1.87 bits per heavy atom. The Balaban J connectivity index is 2.00. The van der Waals surface area contributed by atoms with Crippen LogP contribution >= 0.6 is 0 Å². The molecule has 160 valence electrons. The Labute approximate surface area is 182 Å². The van der Waals surface area contributed by atoms with E-state index in [9.17, 15) is 14.7 Å². The number of ketones is 1. The maximum absolute atomic E-state index is 13.3. The van der Waals surface area contributed by atoms with E-state index in [2.05, 4.69) is 19.2 Å². The molecule has 1 atom stereocenters. The highest BCUT2D eigenvalue weighted by atomic mass is 16.5. The number of phenolic OH excluding ortho intramolecular Hbond substituents is 1. The van der Waals surface area contributed by atoms with Crippen molar-refractivity contribution in [3.63, 3.8) is 0 Å². The number of ether oxygens (including phenoxy) is 1. The number of aromatic hydroxyl groups is 1. The van der Waals surface area contributed by atoms with Crippen molar-refractivity contribution in [1.29, 1.82) is 0 Å². The van der Waals surface area contributed by atoms with Gasteiger partial charge in [0.05, 0.1) is 17.9 Å². The highest BCUT2D eigenvalue weighted by Crippen LogP contribution is 2.48. The first-order valence-corrected chi connectivity index (χ1v) is 10.6. The average molecular weight is 418 g/mol. The lowest BCUT2D eigenvalue weighted by Crippen LogP contribution is -2.38. The van der Waals surface area contributed by atoms with Gasteiger partial charge in [-0.15, -0.1) is 0 Å². The van der Waals surface area contributed by atoms with E-state index in [0.717, 1.165) is 11.3 Å². The molecule has 31 heavy (non-hydrogen) atoms. The summed E-state index contributed by atoms with van der Waals surface area (Å²) in [7, 11) is 0. The lowest BCUT2D eigenvalue weighted by atomic mass is 9.68. The molecule has 0 amide bonds. The van der Waals surface area contributed by atoms with Gasteiger partial charge in [0.2, 0.25) is 0 Å². The minimum atomic E-state index is -0.610. The molecular weight excluding hydrogens is 390 g/mol. The molecule has 1 aliphatic carbocycles. The number of hydrogen-bond acceptors (Lipinski definition) is 5. The minimum Gasteiger partial charge on any atom is -0.508 e. The van der Waals surface area contributed by atoms with E-state index in [-0.39, 0.29) is 23.6 Å². The molecule has 2 aliphatic rings. The van der Waals surface area contributed by atoms with Gasteiger partial charge in [-0.1, -0.05) is 56.3 Å². The van der Waals surface area contributed by atoms with Crippen LogP contribution in [0.2, 0.25) is 0 Å². The van der Waals surface area contributed by atoms with E-state index in [4.69, 9.17) is 4.74 Å². The minimum absolute atomic E-state index is 0.0148. The smallest absolute Gasteiger partial charge is 0.337 e. The number of nitrogens with one attached hydrogen (secondary N) is 1. The van der Waals surface area contributed by atoms with Crippen molar-refractivity contribution in [1.82, 2.24) is 5.32 Å². The number of rotatable bonds is 4. The second-order valence-corrected chi connectivity index (χ2v) is 8.86. The van der Waals surface area contributed by atoms with Gasteiger partial charge in [0.25, 0.3) is 0 Å². The molecule has 4 rings (SSSR count). The van der Waals surface area contributed by atoms with E-state index in [1.807, 2.05) is 36.4 Å². The van der Waals surface area contributed by atoms with Crippen molar-refractivity contribution < 1.29 is 19.4 Å². The number of allylic oxidation sites excluding steroid dienone is 2. The van der Waals surface area contributed by atoms with Gasteiger partial charge in [-0.05, 0) is 42.0 Å². The van der Waals surface area contributed by atoms with Crippen LogP contribution in [0.1, 0.15) is 50.7 Å². The van der Waals surface area contributed by atoms with E-state index in [0.29, 0.717) is 35.2 Å². The Morgan fingerprint density at radius 3 is 2.55 bits per heavy atom. The predicted molar refractivity (Wildman–Crippen MR) is 119 cm³/mol. The van der Waals surface area contributed by atoms with E-state index < -0.39 is 11.9 Å². The number of carbonyl (C=O) groups is 2. The first-order chi connectivity index (χ1) is 14.8. The van der Waals surface area contributed by atoms with E-state index in [1.165, 1.54) is 0 Å². The molecule has 0 bridgehead atoms. The highest BCUT2D eigenvalue weighted by Gasteiger charge is 2.44. The zero-order chi connectivity index (χ0) is 22.2. The van der Waals surface area contributed by atoms with E-state index in [1.54, 1.807) is 25.1 Å². The van der Waals surface area contributed by atoms with Crippen LogP contribution in [-0.2, 0) is 14.3 Å². The monoisotopic (exact) mass is 417 g/mol. The van der Waals surface area contributed by atoms with Gasteiger partial charge in [-0.25, -0.2) is 4.79 Å². The van der Waals surface area contributed by atoms with Gasteiger partial charge in [0.1, 0.15) is 5.75 Å². The van der Waals surface area contributed by atoms with Crippen molar-refractivity contribution in [3.8, 4) is 5.75 Å². The third kappa shape index (κ3) is 4.00. The average Bonchev–Trinajstić information content (AvgIpc) is 2.72. The van der Waals surface area contributed by atoms with Crippen LogP contribution in [0, 0.1) is 5.41 Å². The normalized spacial score (nSPS) is 20.2. The maximum atomic E-state index is 13.3. The molecule has 1 heterocycles. The Bertz CT molecular complexity index is 1100. The topological polar surface area (TPSA) is 75.6 Å². The number of hydrogen-bond donors (Lipinski definition) is 2. The SMILES string of the molecule is CCOC(=O)C1=C(c2ccccc2)NC2=C(C(=O)CC(C)(C)C2)[C@@H]1c1cccc(O)c1. The zero-order valence-corrected chi connectivity index (χ0v) is 18.1. The second-order valence-electron chi connectivity index (χ2n) is 8.86. The summed E-state index contributed by atoms with van der Waals surface area (Å²) in [6.07, 6.45) is 1.09. The second kappa shape index (κ2) is 8.06. The molecule has 5 nitrogen and oxygen atoms in total. The molecule has 5 heteroatoms. The lowest BCUT2D eigenvalue weighted by molar-refractivity contribution is -0.138. The molecule has 2 aromatic carbocycles. The Hall–Kier alpha value is -3.34. The number of phenols is 1. The van der Waals surface area contributed by atoms with Crippen molar-refractivity contribution in [2.45, 2.75) is 39.5 Å². The molecule has 2 N–H and O–H groups in total. The standard InChI is InChI=1S/C26H27NO4/c1-4-31-25(30)23-21(17-11-8-12-18(28)13-17)22-19(14-26(2,3)15-20(22)29)27-24(23)16-9-6-5-7-10-16/h5-13,21,27-28H,4,14-15H2,1-3H3/t21-/m0/s1. The van der Waals surface area contributed by atoms with Crippen molar-refractivity contribution in [3.05, 3.63) is 82.6 Å². The quantitative estimate of drug-likeness (QED) is 0.706. The van der Waals surface area contributed by atoms with E-state index >= 15 is 0 Å². The molecule has 0 fully saturated rings. The largest absolute Gasteiger partial charge is 0.508 e. The summed E-state index contributed by atoms with van der Waals surface area (Å²) in [6.45, 7) is 6.14. The summed E-state index contributed by atoms with van der Waals surface area (Å²) in [5.74, 6) is -0.972. The zero-order valence-electron chi connectivity index (χ0n) is 18.1. The predicted octanol–water partition coefficient (Wildman–Crippen LogP) is 4.70. The summed E-state index contributed by atoms with van der Waals surface area (Å²) < 4.78 is 5.44. The maximum Gasteiger partial charge on any atom is 0.337 e.